The summed E-state index contributed by atoms with van der Waals surface area (Å²) < 4.78 is 2.34. The molecule has 0 heterocycles. The second kappa shape index (κ2) is 4.58. The molecule has 0 bridgehead atoms. The van der Waals surface area contributed by atoms with Crippen molar-refractivity contribution in [1.29, 1.82) is 0 Å². The largest absolute Gasteiger partial charge is 0.324 e. The van der Waals surface area contributed by atoms with Crippen LogP contribution in [0.1, 0.15) is 24.9 Å². The van der Waals surface area contributed by atoms with Gasteiger partial charge in [0.25, 0.3) is 0 Å². The lowest BCUT2D eigenvalue weighted by atomic mass is 10.1. The Morgan fingerprint density at radius 3 is 2.83 bits per heavy atom. The maximum Gasteiger partial charge on any atom is 0.0303 e. The van der Waals surface area contributed by atoms with E-state index in [1.54, 1.807) is 0 Å². The van der Waals surface area contributed by atoms with Crippen molar-refractivity contribution in [2.75, 3.05) is 0 Å². The first kappa shape index (κ1) is 10.5. The Bertz CT molecular complexity index is 275. The van der Waals surface area contributed by atoms with Gasteiger partial charge in [-0.1, -0.05) is 22.9 Å². The summed E-state index contributed by atoms with van der Waals surface area (Å²) in [6.45, 7) is 2.10. The zero-order chi connectivity index (χ0) is 9.14. The molecule has 0 aliphatic rings. The zero-order valence-electron chi connectivity index (χ0n) is 6.85. The highest BCUT2D eigenvalue weighted by atomic mass is 127. The van der Waals surface area contributed by atoms with Gasteiger partial charge in [0.05, 0.1) is 0 Å². The van der Waals surface area contributed by atoms with Crippen LogP contribution in [-0.2, 0) is 0 Å². The molecule has 1 aromatic rings. The fourth-order valence-electron chi connectivity index (χ4n) is 1.02. The summed E-state index contributed by atoms with van der Waals surface area (Å²) in [6.07, 6.45) is 0.979. The highest BCUT2D eigenvalue weighted by Crippen LogP contribution is 2.24. The molecule has 1 unspecified atom stereocenters. The van der Waals surface area contributed by atoms with Gasteiger partial charge in [0.2, 0.25) is 0 Å². The van der Waals surface area contributed by atoms with E-state index in [9.17, 15) is 0 Å². The minimum absolute atomic E-state index is 0.161. The van der Waals surface area contributed by atoms with Gasteiger partial charge in [0, 0.05) is 14.1 Å². The minimum Gasteiger partial charge on any atom is -0.324 e. The van der Waals surface area contributed by atoms with Crippen LogP contribution in [0.3, 0.4) is 0 Å². The number of hydrogen-bond acceptors (Lipinski definition) is 1. The Kier molecular flexibility index (Phi) is 3.99. The van der Waals surface area contributed by atoms with E-state index in [1.807, 2.05) is 6.07 Å². The third-order valence-corrected chi connectivity index (χ3v) is 3.27. The van der Waals surface area contributed by atoms with E-state index < -0.39 is 0 Å². The molecule has 1 aromatic carbocycles. The average molecular weight is 340 g/mol. The van der Waals surface area contributed by atoms with Gasteiger partial charge in [-0.15, -0.1) is 0 Å². The molecule has 0 radical (unpaired) electrons. The van der Waals surface area contributed by atoms with Crippen molar-refractivity contribution < 1.29 is 0 Å². The van der Waals surface area contributed by atoms with Crippen LogP contribution in [0.4, 0.5) is 0 Å². The lowest BCUT2D eigenvalue weighted by Crippen LogP contribution is -2.10. The predicted octanol–water partition coefficient (Wildman–Crippen LogP) is 3.46. The molecule has 2 N–H and O–H groups in total. The number of halogens is 2. The van der Waals surface area contributed by atoms with Crippen molar-refractivity contribution in [2.45, 2.75) is 19.4 Å². The molecule has 3 heteroatoms. The van der Waals surface area contributed by atoms with Crippen molar-refractivity contribution in [3.8, 4) is 0 Å². The second-order valence-corrected chi connectivity index (χ2v) is 4.76. The molecule has 12 heavy (non-hydrogen) atoms. The first-order valence-corrected chi connectivity index (χ1v) is 5.73. The van der Waals surface area contributed by atoms with E-state index in [2.05, 4.69) is 57.6 Å². The van der Waals surface area contributed by atoms with Crippen molar-refractivity contribution in [2.24, 2.45) is 5.73 Å². The average Bonchev–Trinajstić information content (AvgIpc) is 2.08. The summed E-state index contributed by atoms with van der Waals surface area (Å²) in [4.78, 5) is 0. The van der Waals surface area contributed by atoms with Crippen molar-refractivity contribution in [3.05, 3.63) is 31.8 Å². The van der Waals surface area contributed by atoms with E-state index in [4.69, 9.17) is 5.73 Å². The van der Waals surface area contributed by atoms with Crippen LogP contribution in [0.15, 0.2) is 22.7 Å². The zero-order valence-corrected chi connectivity index (χ0v) is 10.6. The second-order valence-electron chi connectivity index (χ2n) is 2.68. The Morgan fingerprint density at radius 2 is 2.25 bits per heavy atom. The molecule has 0 spiro atoms. The van der Waals surface area contributed by atoms with E-state index >= 15 is 0 Å². The van der Waals surface area contributed by atoms with Crippen LogP contribution in [0.25, 0.3) is 0 Å². The summed E-state index contributed by atoms with van der Waals surface area (Å²) in [6, 6.07) is 6.37. The first-order chi connectivity index (χ1) is 5.65. The molecule has 0 amide bonds. The number of hydrogen-bond donors (Lipinski definition) is 1. The Hall–Kier alpha value is 0.390. The third-order valence-electron chi connectivity index (χ3n) is 1.80. The Labute approximate surface area is 95.0 Å². The first-order valence-electron chi connectivity index (χ1n) is 3.85. The van der Waals surface area contributed by atoms with Crippen molar-refractivity contribution in [3.63, 3.8) is 0 Å². The van der Waals surface area contributed by atoms with Gasteiger partial charge in [-0.25, -0.2) is 0 Å². The fraction of sp³-hybridized carbons (Fsp3) is 0.333. The highest BCUT2D eigenvalue weighted by Gasteiger charge is 2.07. The Morgan fingerprint density at radius 1 is 1.58 bits per heavy atom. The predicted molar refractivity (Wildman–Crippen MR) is 64.1 cm³/mol. The smallest absolute Gasteiger partial charge is 0.0303 e. The summed E-state index contributed by atoms with van der Waals surface area (Å²) in [5, 5.41) is 0. The van der Waals surface area contributed by atoms with Gasteiger partial charge >= 0.3 is 0 Å². The van der Waals surface area contributed by atoms with Crippen molar-refractivity contribution >= 4 is 38.5 Å². The SMILES string of the molecule is CCC(N)c1cc(Br)ccc1I. The lowest BCUT2D eigenvalue weighted by molar-refractivity contribution is 0.694. The molecular weight excluding hydrogens is 329 g/mol. The molecule has 0 aromatic heterocycles. The summed E-state index contributed by atoms with van der Waals surface area (Å²) in [5.41, 5.74) is 7.17. The topological polar surface area (TPSA) is 26.0 Å². The van der Waals surface area contributed by atoms with E-state index in [0.29, 0.717) is 0 Å². The van der Waals surface area contributed by atoms with Gasteiger partial charge in [-0.05, 0) is 52.8 Å². The van der Waals surface area contributed by atoms with Crippen LogP contribution in [0.5, 0.6) is 0 Å². The van der Waals surface area contributed by atoms with E-state index in [0.717, 1.165) is 10.9 Å². The lowest BCUT2D eigenvalue weighted by Gasteiger charge is -2.11. The molecule has 0 fully saturated rings. The number of benzene rings is 1. The molecule has 1 atom stereocenters. The van der Waals surface area contributed by atoms with Crippen LogP contribution >= 0.6 is 38.5 Å². The maximum atomic E-state index is 5.94. The number of nitrogens with two attached hydrogens (primary N) is 1. The van der Waals surface area contributed by atoms with E-state index in [1.165, 1.54) is 9.13 Å². The molecular formula is C9H11BrIN. The van der Waals surface area contributed by atoms with Gasteiger partial charge < -0.3 is 5.73 Å². The highest BCUT2D eigenvalue weighted by molar-refractivity contribution is 14.1. The summed E-state index contributed by atoms with van der Waals surface area (Å²) >= 11 is 5.75. The fourth-order valence-corrected chi connectivity index (χ4v) is 2.13. The molecule has 66 valence electrons. The van der Waals surface area contributed by atoms with E-state index in [-0.39, 0.29) is 6.04 Å². The Balaban J connectivity index is 3.04. The minimum atomic E-state index is 0.161. The van der Waals surface area contributed by atoms with Gasteiger partial charge in [0.15, 0.2) is 0 Å². The molecule has 0 saturated carbocycles. The molecule has 0 saturated heterocycles. The van der Waals surface area contributed by atoms with Crippen LogP contribution in [0, 0.1) is 3.57 Å². The maximum absolute atomic E-state index is 5.94. The standard InChI is InChI=1S/C9H11BrIN/c1-2-9(12)7-5-6(10)3-4-8(7)11/h3-5,9H,2,12H2,1H3. The normalized spacial score (nSPS) is 13.0. The van der Waals surface area contributed by atoms with Crippen molar-refractivity contribution in [1.82, 2.24) is 0 Å². The molecule has 1 nitrogen and oxygen atoms in total. The number of rotatable bonds is 2. The van der Waals surface area contributed by atoms with Gasteiger partial charge in [0.1, 0.15) is 0 Å². The molecule has 0 aliphatic heterocycles. The van der Waals surface area contributed by atoms with Crippen LogP contribution in [0.2, 0.25) is 0 Å². The molecule has 0 aliphatic carbocycles. The monoisotopic (exact) mass is 339 g/mol. The van der Waals surface area contributed by atoms with Gasteiger partial charge in [-0.3, -0.25) is 0 Å². The van der Waals surface area contributed by atoms with Gasteiger partial charge in [-0.2, -0.15) is 0 Å². The summed E-state index contributed by atoms with van der Waals surface area (Å²) in [5.74, 6) is 0. The third kappa shape index (κ3) is 2.44. The van der Waals surface area contributed by atoms with Crippen LogP contribution < -0.4 is 5.73 Å². The molecule has 1 rings (SSSR count). The van der Waals surface area contributed by atoms with Crippen LogP contribution in [-0.4, -0.2) is 0 Å². The summed E-state index contributed by atoms with van der Waals surface area (Å²) in [7, 11) is 0. The quantitative estimate of drug-likeness (QED) is 0.820.